The summed E-state index contributed by atoms with van der Waals surface area (Å²) in [5.74, 6) is 0.714. The molecule has 4 heteroatoms. The Morgan fingerprint density at radius 2 is 2.53 bits per heavy atom. The van der Waals surface area contributed by atoms with Crippen LogP contribution in [-0.4, -0.2) is 30.7 Å². The van der Waals surface area contributed by atoms with Crippen LogP contribution in [0, 0.1) is 11.3 Å². The van der Waals surface area contributed by atoms with Crippen molar-refractivity contribution in [2.45, 2.75) is 19.1 Å². The third-order valence-corrected chi connectivity index (χ3v) is 2.57. The maximum absolute atomic E-state index is 9.14. The van der Waals surface area contributed by atoms with Crippen molar-refractivity contribution in [3.05, 3.63) is 24.2 Å². The molecule has 0 N–H and O–H groups in total. The quantitative estimate of drug-likeness (QED) is 0.737. The van der Waals surface area contributed by atoms with E-state index in [1.165, 1.54) is 0 Å². The van der Waals surface area contributed by atoms with Gasteiger partial charge in [0.25, 0.3) is 0 Å². The molecule has 80 valence electrons. The monoisotopic (exact) mass is 206 g/mol. The highest BCUT2D eigenvalue weighted by Crippen LogP contribution is 2.22. The van der Waals surface area contributed by atoms with Gasteiger partial charge in [-0.3, -0.25) is 4.90 Å². The number of hydrogen-bond acceptors (Lipinski definition) is 4. The lowest BCUT2D eigenvalue weighted by molar-refractivity contribution is -0.0292. The van der Waals surface area contributed by atoms with Gasteiger partial charge in [0.2, 0.25) is 0 Å². The molecule has 1 aliphatic heterocycles. The van der Waals surface area contributed by atoms with E-state index in [2.05, 4.69) is 11.0 Å². The van der Waals surface area contributed by atoms with E-state index in [9.17, 15) is 0 Å². The Morgan fingerprint density at radius 3 is 3.13 bits per heavy atom. The fourth-order valence-electron chi connectivity index (χ4n) is 1.85. The van der Waals surface area contributed by atoms with Crippen LogP contribution in [0.25, 0.3) is 0 Å². The minimum absolute atomic E-state index is 0.185. The lowest BCUT2D eigenvalue weighted by Crippen LogP contribution is -2.42. The summed E-state index contributed by atoms with van der Waals surface area (Å²) < 4.78 is 10.7. The van der Waals surface area contributed by atoms with Gasteiger partial charge in [0, 0.05) is 13.1 Å². The van der Waals surface area contributed by atoms with Crippen molar-refractivity contribution in [3.8, 4) is 6.07 Å². The lowest BCUT2D eigenvalue weighted by atomic mass is 10.2. The summed E-state index contributed by atoms with van der Waals surface area (Å²) in [6.45, 7) is 4.25. The number of morpholine rings is 1. The van der Waals surface area contributed by atoms with Crippen molar-refractivity contribution < 1.29 is 9.15 Å². The van der Waals surface area contributed by atoms with Crippen molar-refractivity contribution >= 4 is 0 Å². The first kappa shape index (κ1) is 10.2. The van der Waals surface area contributed by atoms with Crippen molar-refractivity contribution in [2.24, 2.45) is 0 Å². The SMILES string of the molecule is C[C@@H]1CN([C@H](C#N)c2ccco2)CCO1. The van der Waals surface area contributed by atoms with Gasteiger partial charge in [-0.2, -0.15) is 5.26 Å². The largest absolute Gasteiger partial charge is 0.467 e. The molecule has 1 aliphatic rings. The van der Waals surface area contributed by atoms with E-state index in [4.69, 9.17) is 14.4 Å². The van der Waals surface area contributed by atoms with E-state index in [1.807, 2.05) is 19.1 Å². The minimum Gasteiger partial charge on any atom is -0.467 e. The van der Waals surface area contributed by atoms with Crippen LogP contribution in [0.3, 0.4) is 0 Å². The standard InChI is InChI=1S/C11H14N2O2/c1-9-8-13(4-6-14-9)10(7-12)11-3-2-5-15-11/h2-3,5,9-10H,4,6,8H2,1H3/t9-,10-/m1/s1. The van der Waals surface area contributed by atoms with Gasteiger partial charge in [-0.05, 0) is 19.1 Å². The summed E-state index contributed by atoms with van der Waals surface area (Å²) in [7, 11) is 0. The zero-order valence-electron chi connectivity index (χ0n) is 8.72. The maximum atomic E-state index is 9.14. The zero-order valence-corrected chi connectivity index (χ0v) is 8.72. The van der Waals surface area contributed by atoms with Gasteiger partial charge < -0.3 is 9.15 Å². The van der Waals surface area contributed by atoms with E-state index < -0.39 is 0 Å². The molecular weight excluding hydrogens is 192 g/mol. The van der Waals surface area contributed by atoms with E-state index in [-0.39, 0.29) is 12.1 Å². The van der Waals surface area contributed by atoms with Gasteiger partial charge in [-0.1, -0.05) is 0 Å². The summed E-state index contributed by atoms with van der Waals surface area (Å²) in [6, 6.07) is 5.64. The molecule has 2 atom stereocenters. The van der Waals surface area contributed by atoms with Crippen LogP contribution in [0.1, 0.15) is 18.7 Å². The van der Waals surface area contributed by atoms with Gasteiger partial charge in [-0.25, -0.2) is 0 Å². The number of furan rings is 1. The second-order valence-corrected chi connectivity index (χ2v) is 3.72. The summed E-state index contributed by atoms with van der Waals surface area (Å²) >= 11 is 0. The van der Waals surface area contributed by atoms with Crippen molar-refractivity contribution in [1.82, 2.24) is 4.90 Å². The second kappa shape index (κ2) is 4.47. The number of rotatable bonds is 2. The van der Waals surface area contributed by atoms with Crippen LogP contribution >= 0.6 is 0 Å². The topological polar surface area (TPSA) is 49.4 Å². The van der Waals surface area contributed by atoms with Crippen LogP contribution < -0.4 is 0 Å². The van der Waals surface area contributed by atoms with Crippen molar-refractivity contribution in [2.75, 3.05) is 19.7 Å². The van der Waals surface area contributed by atoms with Gasteiger partial charge in [0.15, 0.2) is 6.04 Å². The molecule has 4 nitrogen and oxygen atoms in total. The van der Waals surface area contributed by atoms with Crippen LogP contribution in [-0.2, 0) is 4.74 Å². The average Bonchev–Trinajstić information content (AvgIpc) is 2.72. The Hall–Kier alpha value is -1.31. The third kappa shape index (κ3) is 2.20. The molecule has 2 heterocycles. The molecule has 2 rings (SSSR count). The first-order valence-corrected chi connectivity index (χ1v) is 5.10. The molecule has 0 unspecified atom stereocenters. The van der Waals surface area contributed by atoms with E-state index in [0.717, 1.165) is 13.1 Å². The van der Waals surface area contributed by atoms with Crippen LogP contribution in [0.2, 0.25) is 0 Å². The van der Waals surface area contributed by atoms with E-state index in [0.29, 0.717) is 12.4 Å². The highest BCUT2D eigenvalue weighted by Gasteiger charge is 2.26. The zero-order chi connectivity index (χ0) is 10.7. The number of ether oxygens (including phenoxy) is 1. The Kier molecular flexibility index (Phi) is 3.05. The highest BCUT2D eigenvalue weighted by molar-refractivity contribution is 5.13. The van der Waals surface area contributed by atoms with Crippen molar-refractivity contribution in [3.63, 3.8) is 0 Å². The molecule has 0 bridgehead atoms. The lowest BCUT2D eigenvalue weighted by Gasteiger charge is -2.33. The molecule has 0 spiro atoms. The van der Waals surface area contributed by atoms with Gasteiger partial charge in [0.05, 0.1) is 25.0 Å². The molecule has 1 aromatic heterocycles. The van der Waals surface area contributed by atoms with Crippen molar-refractivity contribution in [1.29, 1.82) is 5.26 Å². The summed E-state index contributed by atoms with van der Waals surface area (Å²) in [6.07, 6.45) is 1.79. The smallest absolute Gasteiger partial charge is 0.157 e. The molecule has 0 saturated carbocycles. The fraction of sp³-hybridized carbons (Fsp3) is 0.545. The van der Waals surface area contributed by atoms with Gasteiger partial charge in [0.1, 0.15) is 5.76 Å². The number of nitriles is 1. The highest BCUT2D eigenvalue weighted by atomic mass is 16.5. The summed E-state index contributed by atoms with van der Waals surface area (Å²) in [5, 5.41) is 9.14. The van der Waals surface area contributed by atoms with E-state index in [1.54, 1.807) is 6.26 Å². The minimum atomic E-state index is -0.286. The Morgan fingerprint density at radius 1 is 1.67 bits per heavy atom. The molecule has 1 saturated heterocycles. The molecular formula is C11H14N2O2. The Balaban J connectivity index is 2.10. The maximum Gasteiger partial charge on any atom is 0.157 e. The van der Waals surface area contributed by atoms with Crippen LogP contribution in [0.4, 0.5) is 0 Å². The third-order valence-electron chi connectivity index (χ3n) is 2.57. The fourth-order valence-corrected chi connectivity index (χ4v) is 1.85. The van der Waals surface area contributed by atoms with E-state index >= 15 is 0 Å². The molecule has 1 aromatic rings. The summed E-state index contributed by atoms with van der Waals surface area (Å²) in [4.78, 5) is 2.09. The predicted octanol–water partition coefficient (Wildman–Crippen LogP) is 1.56. The predicted molar refractivity (Wildman–Crippen MR) is 54.0 cm³/mol. The molecule has 0 radical (unpaired) electrons. The Labute approximate surface area is 89.0 Å². The number of nitrogens with zero attached hydrogens (tertiary/aromatic N) is 2. The molecule has 15 heavy (non-hydrogen) atoms. The van der Waals surface area contributed by atoms with Crippen LogP contribution in [0.15, 0.2) is 22.8 Å². The van der Waals surface area contributed by atoms with Gasteiger partial charge >= 0.3 is 0 Å². The first-order chi connectivity index (χ1) is 7.31. The molecule has 0 aliphatic carbocycles. The normalized spacial score (nSPS) is 24.7. The van der Waals surface area contributed by atoms with Crippen LogP contribution in [0.5, 0.6) is 0 Å². The average molecular weight is 206 g/mol. The molecule has 0 amide bonds. The second-order valence-electron chi connectivity index (χ2n) is 3.72. The first-order valence-electron chi connectivity index (χ1n) is 5.10. The number of hydrogen-bond donors (Lipinski definition) is 0. The Bertz CT molecular complexity index is 342. The molecule has 0 aromatic carbocycles. The molecule has 1 fully saturated rings. The summed E-state index contributed by atoms with van der Waals surface area (Å²) in [5.41, 5.74) is 0. The van der Waals surface area contributed by atoms with Gasteiger partial charge in [-0.15, -0.1) is 0 Å².